The molecule has 2 aromatic heterocycles. The van der Waals surface area contributed by atoms with E-state index in [9.17, 15) is 0 Å². The molecule has 0 aliphatic heterocycles. The molecule has 6 rings (SSSR count). The van der Waals surface area contributed by atoms with Gasteiger partial charge in [-0.1, -0.05) is 42.5 Å². The third-order valence-electron chi connectivity index (χ3n) is 4.97. The molecule has 0 aliphatic carbocycles. The number of hydrogen-bond acceptors (Lipinski definition) is 1. The Morgan fingerprint density at radius 3 is 2.43 bits per heavy atom. The molecule has 2 heterocycles. The van der Waals surface area contributed by atoms with Crippen LogP contribution in [0, 0.1) is 0 Å². The van der Waals surface area contributed by atoms with Gasteiger partial charge in [-0.25, -0.2) is 0 Å². The third-order valence-corrected chi connectivity index (χ3v) is 4.97. The van der Waals surface area contributed by atoms with Crippen LogP contribution in [0.5, 0.6) is 0 Å². The van der Waals surface area contributed by atoms with Crippen LogP contribution in [0.25, 0.3) is 54.3 Å². The fourth-order valence-electron chi connectivity index (χ4n) is 3.99. The van der Waals surface area contributed by atoms with Crippen LogP contribution in [-0.2, 0) is 0 Å². The van der Waals surface area contributed by atoms with Gasteiger partial charge >= 0.3 is 0 Å². The monoisotopic (exact) mass is 292 g/mol. The second-order valence-corrected chi connectivity index (χ2v) is 6.18. The predicted molar refractivity (Wildman–Crippen MR) is 97.3 cm³/mol. The smallest absolute Gasteiger partial charge is 0.0957 e. The first kappa shape index (κ1) is 11.4. The van der Waals surface area contributed by atoms with Crippen molar-refractivity contribution in [2.45, 2.75) is 0 Å². The van der Waals surface area contributed by atoms with E-state index >= 15 is 0 Å². The predicted octanol–water partition coefficient (Wildman–Crippen LogP) is 5.61. The average molecular weight is 292 g/mol. The molecule has 2 heteroatoms. The van der Waals surface area contributed by atoms with Gasteiger partial charge in [-0.15, -0.1) is 0 Å². The van der Waals surface area contributed by atoms with E-state index in [-0.39, 0.29) is 0 Å². The average Bonchev–Trinajstić information content (AvgIpc) is 2.98. The number of pyridine rings is 1. The van der Waals surface area contributed by atoms with Crippen molar-refractivity contribution in [2.24, 2.45) is 0 Å². The molecule has 0 saturated heterocycles. The van der Waals surface area contributed by atoms with Crippen molar-refractivity contribution in [3.05, 3.63) is 66.9 Å². The lowest BCUT2D eigenvalue weighted by Crippen LogP contribution is -1.84. The summed E-state index contributed by atoms with van der Waals surface area (Å²) < 4.78 is 0. The quantitative estimate of drug-likeness (QED) is 0.362. The van der Waals surface area contributed by atoms with Crippen LogP contribution in [0.15, 0.2) is 66.9 Å². The fraction of sp³-hybridized carbons (Fsp3) is 0. The summed E-state index contributed by atoms with van der Waals surface area (Å²) in [7, 11) is 0. The normalized spacial score (nSPS) is 12.3. The Morgan fingerprint density at radius 2 is 1.52 bits per heavy atom. The minimum atomic E-state index is 1.05. The van der Waals surface area contributed by atoms with Crippen molar-refractivity contribution in [1.29, 1.82) is 0 Å². The molecule has 0 saturated carbocycles. The summed E-state index contributed by atoms with van der Waals surface area (Å²) in [5.74, 6) is 0. The van der Waals surface area contributed by atoms with E-state index in [0.717, 1.165) is 11.0 Å². The Bertz CT molecular complexity index is 1340. The molecule has 1 N–H and O–H groups in total. The largest absolute Gasteiger partial charge is 0.353 e. The second kappa shape index (κ2) is 3.79. The summed E-state index contributed by atoms with van der Waals surface area (Å²) in [6, 6.07) is 21.8. The molecule has 2 nitrogen and oxygen atoms in total. The van der Waals surface area contributed by atoms with E-state index in [1.807, 2.05) is 12.3 Å². The van der Waals surface area contributed by atoms with Gasteiger partial charge in [0.05, 0.1) is 16.6 Å². The lowest BCUT2D eigenvalue weighted by molar-refractivity contribution is 1.42. The number of H-pyrrole nitrogens is 1. The number of aromatic nitrogens is 2. The van der Waals surface area contributed by atoms with Crippen LogP contribution in [0.1, 0.15) is 0 Å². The second-order valence-electron chi connectivity index (χ2n) is 6.18. The third kappa shape index (κ3) is 1.32. The van der Waals surface area contributed by atoms with Gasteiger partial charge in [0.2, 0.25) is 0 Å². The zero-order chi connectivity index (χ0) is 15.0. The molecular weight excluding hydrogens is 280 g/mol. The molecule has 0 atom stereocenters. The van der Waals surface area contributed by atoms with Gasteiger partial charge < -0.3 is 4.98 Å². The van der Waals surface area contributed by atoms with Gasteiger partial charge in [-0.3, -0.25) is 4.98 Å². The number of nitrogens with zero attached hydrogens (tertiary/aromatic N) is 1. The summed E-state index contributed by atoms with van der Waals surface area (Å²) in [5, 5.41) is 9.06. The molecule has 0 spiro atoms. The number of benzene rings is 4. The fourth-order valence-corrected chi connectivity index (χ4v) is 3.99. The number of aromatic amines is 1. The van der Waals surface area contributed by atoms with Crippen molar-refractivity contribution >= 4 is 54.3 Å². The van der Waals surface area contributed by atoms with Crippen molar-refractivity contribution < 1.29 is 0 Å². The molecule has 106 valence electrons. The minimum absolute atomic E-state index is 1.05. The standard InChI is InChI=1S/C21H12N2/c1-3-12-6-7-14-11-16-20(23-17-5-2-10-22-21(16)17)15-9-8-13(4-1)18(12)19(14)15/h1-11,23H. The van der Waals surface area contributed by atoms with Crippen LogP contribution in [0.4, 0.5) is 0 Å². The van der Waals surface area contributed by atoms with E-state index in [2.05, 4.69) is 64.6 Å². The van der Waals surface area contributed by atoms with Crippen LogP contribution in [-0.4, -0.2) is 9.97 Å². The zero-order valence-corrected chi connectivity index (χ0v) is 12.3. The summed E-state index contributed by atoms with van der Waals surface area (Å²) in [4.78, 5) is 8.14. The summed E-state index contributed by atoms with van der Waals surface area (Å²) in [6.07, 6.45) is 1.86. The lowest BCUT2D eigenvalue weighted by Gasteiger charge is -2.11. The molecule has 23 heavy (non-hydrogen) atoms. The first-order chi connectivity index (χ1) is 11.4. The van der Waals surface area contributed by atoms with Gasteiger partial charge in [0.15, 0.2) is 0 Å². The van der Waals surface area contributed by atoms with Gasteiger partial charge in [0.25, 0.3) is 0 Å². The Kier molecular flexibility index (Phi) is 1.89. The first-order valence-corrected chi connectivity index (χ1v) is 7.83. The maximum atomic E-state index is 4.57. The topological polar surface area (TPSA) is 28.7 Å². The van der Waals surface area contributed by atoms with Gasteiger partial charge in [-0.2, -0.15) is 0 Å². The first-order valence-electron chi connectivity index (χ1n) is 7.83. The number of fused-ring (bicyclic) bond motifs is 4. The molecule has 0 bridgehead atoms. The zero-order valence-electron chi connectivity index (χ0n) is 12.3. The molecule has 0 radical (unpaired) electrons. The Labute approximate surface area is 131 Å². The van der Waals surface area contributed by atoms with E-state index < -0.39 is 0 Å². The molecule has 0 unspecified atom stereocenters. The van der Waals surface area contributed by atoms with Gasteiger partial charge in [0, 0.05) is 17.0 Å². The van der Waals surface area contributed by atoms with E-state index in [1.165, 1.54) is 43.2 Å². The summed E-state index contributed by atoms with van der Waals surface area (Å²) in [5.41, 5.74) is 3.33. The Morgan fingerprint density at radius 1 is 0.696 bits per heavy atom. The van der Waals surface area contributed by atoms with Crippen molar-refractivity contribution in [3.8, 4) is 0 Å². The highest BCUT2D eigenvalue weighted by Gasteiger charge is 2.14. The highest BCUT2D eigenvalue weighted by molar-refractivity contribution is 6.30. The van der Waals surface area contributed by atoms with Crippen molar-refractivity contribution in [1.82, 2.24) is 9.97 Å². The number of hydrogen-bond donors (Lipinski definition) is 1. The molecule has 4 aromatic carbocycles. The summed E-state index contributed by atoms with van der Waals surface area (Å²) >= 11 is 0. The highest BCUT2D eigenvalue weighted by atomic mass is 14.8. The summed E-state index contributed by atoms with van der Waals surface area (Å²) in [6.45, 7) is 0. The molecule has 0 amide bonds. The van der Waals surface area contributed by atoms with Crippen molar-refractivity contribution in [2.75, 3.05) is 0 Å². The SMILES string of the molecule is c1cc2ccc3cc4c5ncccc5[nH]c4c4ccc(c1)c2c34. The van der Waals surface area contributed by atoms with Crippen molar-refractivity contribution in [3.63, 3.8) is 0 Å². The van der Waals surface area contributed by atoms with E-state index in [0.29, 0.717) is 0 Å². The van der Waals surface area contributed by atoms with E-state index in [4.69, 9.17) is 0 Å². The van der Waals surface area contributed by atoms with Gasteiger partial charge in [0.1, 0.15) is 0 Å². The van der Waals surface area contributed by atoms with Crippen LogP contribution in [0.2, 0.25) is 0 Å². The number of nitrogens with one attached hydrogen (secondary N) is 1. The Hall–Kier alpha value is -3.13. The molecular formula is C21H12N2. The molecule has 6 aromatic rings. The number of rotatable bonds is 0. The minimum Gasteiger partial charge on any atom is -0.353 e. The molecule has 0 fully saturated rings. The maximum Gasteiger partial charge on any atom is 0.0957 e. The van der Waals surface area contributed by atoms with Crippen LogP contribution >= 0.6 is 0 Å². The molecule has 0 aliphatic rings. The maximum absolute atomic E-state index is 4.57. The van der Waals surface area contributed by atoms with E-state index in [1.54, 1.807) is 0 Å². The Balaban J connectivity index is 2.01. The van der Waals surface area contributed by atoms with Crippen LogP contribution < -0.4 is 0 Å². The lowest BCUT2D eigenvalue weighted by atomic mass is 9.93. The van der Waals surface area contributed by atoms with Crippen LogP contribution in [0.3, 0.4) is 0 Å². The van der Waals surface area contributed by atoms with Gasteiger partial charge in [-0.05, 0) is 45.1 Å². The highest BCUT2D eigenvalue weighted by Crippen LogP contribution is 2.39.